The van der Waals surface area contributed by atoms with E-state index in [1.165, 1.54) is 0 Å². The minimum atomic E-state index is -3.34. The maximum atomic E-state index is 12.0. The summed E-state index contributed by atoms with van der Waals surface area (Å²) in [6.45, 7) is 0. The van der Waals surface area contributed by atoms with Crippen molar-refractivity contribution in [1.82, 2.24) is 0 Å². The first-order valence-corrected chi connectivity index (χ1v) is 6.05. The van der Waals surface area contributed by atoms with Gasteiger partial charge in [-0.15, -0.1) is 0 Å². The average Bonchev–Trinajstić information content (AvgIpc) is 2.31. The molecule has 0 saturated heterocycles. The van der Waals surface area contributed by atoms with Crippen LogP contribution in [0.5, 0.6) is 0 Å². The molecule has 0 aromatic heterocycles. The summed E-state index contributed by atoms with van der Waals surface area (Å²) in [5.41, 5.74) is 0. The molecule has 0 atom stereocenters. The van der Waals surface area contributed by atoms with Crippen LogP contribution >= 0.6 is 0 Å². The van der Waals surface area contributed by atoms with Crippen LogP contribution in [-0.4, -0.2) is 8.42 Å². The number of hydrogen-bond acceptors (Lipinski definition) is 2. The van der Waals surface area contributed by atoms with Crippen molar-refractivity contribution in [2.75, 3.05) is 0 Å². The second-order valence-electron chi connectivity index (χ2n) is 3.13. The van der Waals surface area contributed by atoms with Crippen LogP contribution in [0.25, 0.3) is 0 Å². The number of sulfone groups is 1. The number of rotatable bonds is 2. The Hall–Kier alpha value is -0.610. The van der Waals surface area contributed by atoms with E-state index in [2.05, 4.69) is 0 Å². The van der Waals surface area contributed by atoms with Crippen LogP contribution in [0.15, 0.2) is 70.5 Å². The van der Waals surface area contributed by atoms with Gasteiger partial charge in [-0.2, -0.15) is 0 Å². The van der Waals surface area contributed by atoms with Gasteiger partial charge in [-0.05, 0) is 24.3 Å². The Morgan fingerprint density at radius 2 is 0.938 bits per heavy atom. The van der Waals surface area contributed by atoms with Crippen LogP contribution in [0.4, 0.5) is 0 Å². The Labute approximate surface area is 118 Å². The van der Waals surface area contributed by atoms with Crippen molar-refractivity contribution in [3.8, 4) is 0 Å². The van der Waals surface area contributed by atoms with Crippen LogP contribution in [0, 0.1) is 0 Å². The quantitative estimate of drug-likeness (QED) is 0.666. The summed E-state index contributed by atoms with van der Waals surface area (Å²) in [7, 11) is -3.34. The molecule has 0 saturated carbocycles. The van der Waals surface area contributed by atoms with Gasteiger partial charge in [0.1, 0.15) is 0 Å². The Kier molecular flexibility index (Phi) is 4.74. The average molecular weight is 241 g/mol. The van der Waals surface area contributed by atoms with Gasteiger partial charge in [0.25, 0.3) is 0 Å². The summed E-state index contributed by atoms with van der Waals surface area (Å²) in [5, 5.41) is 0. The Balaban J connectivity index is 0.00000128. The first kappa shape index (κ1) is 13.5. The summed E-state index contributed by atoms with van der Waals surface area (Å²) in [6.07, 6.45) is 0. The predicted molar refractivity (Wildman–Crippen MR) is 58.3 cm³/mol. The molecule has 76 valence electrons. The molecule has 2 nitrogen and oxygen atoms in total. The molecule has 0 heterocycles. The first-order chi connectivity index (χ1) is 7.21. The second-order valence-corrected chi connectivity index (χ2v) is 5.08. The van der Waals surface area contributed by atoms with E-state index in [-0.39, 0.29) is 29.6 Å². The van der Waals surface area contributed by atoms with Crippen molar-refractivity contribution >= 4 is 9.84 Å². The van der Waals surface area contributed by atoms with Crippen molar-refractivity contribution in [2.45, 2.75) is 9.79 Å². The van der Waals surface area contributed by atoms with Crippen LogP contribution in [-0.2, 0) is 9.84 Å². The van der Waals surface area contributed by atoms with E-state index in [1.807, 2.05) is 0 Å². The zero-order valence-corrected chi connectivity index (χ0v) is 11.8. The summed E-state index contributed by atoms with van der Waals surface area (Å²) in [4.78, 5) is 0.660. The molecule has 0 bridgehead atoms. The van der Waals surface area contributed by atoms with Crippen LogP contribution in [0.3, 0.4) is 0 Å². The molecule has 0 spiro atoms. The van der Waals surface area contributed by atoms with E-state index in [0.717, 1.165) is 0 Å². The number of benzene rings is 2. The molecular formula is C12H10NaO2S+. The molecule has 0 N–H and O–H groups in total. The van der Waals surface area contributed by atoms with Gasteiger partial charge in [-0.3, -0.25) is 0 Å². The van der Waals surface area contributed by atoms with Crippen molar-refractivity contribution < 1.29 is 38.0 Å². The van der Waals surface area contributed by atoms with Crippen LogP contribution < -0.4 is 29.6 Å². The van der Waals surface area contributed by atoms with E-state index in [0.29, 0.717) is 9.79 Å². The molecule has 4 heteroatoms. The second kappa shape index (κ2) is 5.64. The molecule has 2 aromatic carbocycles. The molecular weight excluding hydrogens is 231 g/mol. The fourth-order valence-corrected chi connectivity index (χ4v) is 2.64. The van der Waals surface area contributed by atoms with Crippen LogP contribution in [0.1, 0.15) is 0 Å². The molecule has 2 aromatic rings. The fraction of sp³-hybridized carbons (Fsp3) is 0. The van der Waals surface area contributed by atoms with Gasteiger partial charge in [0.15, 0.2) is 0 Å². The van der Waals surface area contributed by atoms with E-state index in [1.54, 1.807) is 60.7 Å². The third kappa shape index (κ3) is 2.74. The van der Waals surface area contributed by atoms with Gasteiger partial charge in [-0.25, -0.2) is 8.42 Å². The minimum absolute atomic E-state index is 0. The predicted octanol–water partition coefficient (Wildman–Crippen LogP) is -0.477. The molecule has 16 heavy (non-hydrogen) atoms. The van der Waals surface area contributed by atoms with Gasteiger partial charge < -0.3 is 0 Å². The zero-order chi connectivity index (χ0) is 10.7. The molecule has 0 amide bonds. The zero-order valence-electron chi connectivity index (χ0n) is 9.00. The smallest absolute Gasteiger partial charge is 0.219 e. The summed E-state index contributed by atoms with van der Waals surface area (Å²) >= 11 is 0. The van der Waals surface area contributed by atoms with Gasteiger partial charge >= 0.3 is 29.6 Å². The Morgan fingerprint density at radius 3 is 1.25 bits per heavy atom. The molecule has 0 fully saturated rings. The number of hydrogen-bond donors (Lipinski definition) is 0. The monoisotopic (exact) mass is 241 g/mol. The van der Waals surface area contributed by atoms with Gasteiger partial charge in [0.05, 0.1) is 9.79 Å². The first-order valence-electron chi connectivity index (χ1n) is 4.56. The van der Waals surface area contributed by atoms with Crippen molar-refractivity contribution in [1.29, 1.82) is 0 Å². The molecule has 0 aliphatic heterocycles. The molecule has 0 aliphatic carbocycles. The standard InChI is InChI=1S/C12H10O2S.Na/c13-15(14,11-7-3-1-4-8-11)12-9-5-2-6-10-12;/h1-10H;/q;+1. The fourth-order valence-electron chi connectivity index (χ4n) is 1.34. The minimum Gasteiger partial charge on any atom is -0.219 e. The van der Waals surface area contributed by atoms with E-state index >= 15 is 0 Å². The van der Waals surface area contributed by atoms with Gasteiger partial charge in [0, 0.05) is 0 Å². The molecule has 0 aliphatic rings. The van der Waals surface area contributed by atoms with E-state index < -0.39 is 9.84 Å². The topological polar surface area (TPSA) is 34.1 Å². The van der Waals surface area contributed by atoms with Crippen molar-refractivity contribution in [3.05, 3.63) is 60.7 Å². The third-order valence-electron chi connectivity index (χ3n) is 2.11. The Bertz CT molecular complexity index is 490. The van der Waals surface area contributed by atoms with Gasteiger partial charge in [-0.1, -0.05) is 36.4 Å². The van der Waals surface area contributed by atoms with Crippen molar-refractivity contribution in [2.24, 2.45) is 0 Å². The normalized spacial score (nSPS) is 10.5. The third-order valence-corrected chi connectivity index (χ3v) is 3.89. The largest absolute Gasteiger partial charge is 1.00 e. The molecule has 2 rings (SSSR count). The SMILES string of the molecule is O=S(=O)(c1ccccc1)c1ccccc1.[Na+]. The van der Waals surface area contributed by atoms with Crippen LogP contribution in [0.2, 0.25) is 0 Å². The van der Waals surface area contributed by atoms with E-state index in [9.17, 15) is 8.42 Å². The maximum absolute atomic E-state index is 12.0. The summed E-state index contributed by atoms with van der Waals surface area (Å²) in [5.74, 6) is 0. The Morgan fingerprint density at radius 1 is 0.625 bits per heavy atom. The van der Waals surface area contributed by atoms with Gasteiger partial charge in [0.2, 0.25) is 9.84 Å². The molecule has 0 unspecified atom stereocenters. The molecule has 0 radical (unpaired) electrons. The van der Waals surface area contributed by atoms with Crippen molar-refractivity contribution in [3.63, 3.8) is 0 Å². The maximum Gasteiger partial charge on any atom is 1.00 e. The summed E-state index contributed by atoms with van der Waals surface area (Å²) < 4.78 is 24.1. The summed E-state index contributed by atoms with van der Waals surface area (Å²) in [6, 6.07) is 16.9. The van der Waals surface area contributed by atoms with E-state index in [4.69, 9.17) is 0 Å².